The number of methoxy groups -OCH3 is 1. The Morgan fingerprint density at radius 2 is 1.90 bits per heavy atom. The molecule has 7 heteroatoms. The van der Waals surface area contributed by atoms with Gasteiger partial charge in [-0.25, -0.2) is 18.7 Å². The zero-order valence-electron chi connectivity index (χ0n) is 10.7. The number of anilines is 1. The van der Waals surface area contributed by atoms with Crippen molar-refractivity contribution < 1.29 is 13.5 Å². The lowest BCUT2D eigenvalue weighted by Gasteiger charge is -2.09. The summed E-state index contributed by atoms with van der Waals surface area (Å²) < 4.78 is 32.2. The number of halogens is 3. The first kappa shape index (κ1) is 14.5. The van der Waals surface area contributed by atoms with Crippen LogP contribution in [0.2, 0.25) is 5.15 Å². The number of ether oxygens (including phenoxy) is 1. The number of nitrogens with one attached hydrogen (secondary N) is 1. The Morgan fingerprint density at radius 3 is 2.50 bits per heavy atom. The van der Waals surface area contributed by atoms with Gasteiger partial charge in [-0.05, 0) is 6.42 Å². The maximum Gasteiger partial charge on any atom is 0.134 e. The van der Waals surface area contributed by atoms with Crippen LogP contribution >= 0.6 is 11.6 Å². The summed E-state index contributed by atoms with van der Waals surface area (Å²) in [6.45, 7) is 0.313. The first-order chi connectivity index (χ1) is 9.60. The van der Waals surface area contributed by atoms with E-state index in [0.717, 1.165) is 12.1 Å². The van der Waals surface area contributed by atoms with Gasteiger partial charge in [0.1, 0.15) is 34.7 Å². The highest BCUT2D eigenvalue weighted by molar-refractivity contribution is 6.29. The van der Waals surface area contributed by atoms with Crippen molar-refractivity contribution in [3.05, 3.63) is 46.9 Å². The number of nitrogens with zero attached hydrogens (tertiary/aromatic N) is 2. The van der Waals surface area contributed by atoms with Gasteiger partial charge >= 0.3 is 0 Å². The van der Waals surface area contributed by atoms with Crippen LogP contribution < -0.4 is 10.1 Å². The molecular formula is C13H12ClF2N3O. The number of hydrogen-bond donors (Lipinski definition) is 1. The molecule has 0 radical (unpaired) electrons. The fraction of sp³-hybridized carbons (Fsp3) is 0.231. The molecule has 20 heavy (non-hydrogen) atoms. The van der Waals surface area contributed by atoms with Gasteiger partial charge in [-0.15, -0.1) is 0 Å². The molecular weight excluding hydrogens is 288 g/mol. The summed E-state index contributed by atoms with van der Waals surface area (Å²) in [5, 5.41) is 3.21. The third kappa shape index (κ3) is 3.54. The third-order valence-electron chi connectivity index (χ3n) is 2.67. The van der Waals surface area contributed by atoms with Crippen molar-refractivity contribution in [2.24, 2.45) is 0 Å². The summed E-state index contributed by atoms with van der Waals surface area (Å²) in [5.74, 6) is -0.618. The molecule has 0 fully saturated rings. The van der Waals surface area contributed by atoms with E-state index in [-0.39, 0.29) is 17.7 Å². The van der Waals surface area contributed by atoms with E-state index in [9.17, 15) is 8.78 Å². The van der Waals surface area contributed by atoms with Crippen LogP contribution in [0.15, 0.2) is 24.5 Å². The third-order valence-corrected chi connectivity index (χ3v) is 2.87. The second kappa shape index (κ2) is 6.47. The second-order valence-electron chi connectivity index (χ2n) is 3.97. The minimum absolute atomic E-state index is 0.00143. The van der Waals surface area contributed by atoms with Crippen LogP contribution in [0.4, 0.5) is 14.6 Å². The maximum atomic E-state index is 13.7. The first-order valence-corrected chi connectivity index (χ1v) is 6.21. The Balaban J connectivity index is 2.01. The molecule has 106 valence electrons. The number of rotatable bonds is 5. The van der Waals surface area contributed by atoms with Crippen LogP contribution in [0.3, 0.4) is 0 Å². The van der Waals surface area contributed by atoms with Crippen LogP contribution in [0, 0.1) is 11.6 Å². The van der Waals surface area contributed by atoms with Gasteiger partial charge in [0, 0.05) is 30.3 Å². The van der Waals surface area contributed by atoms with E-state index in [1.165, 1.54) is 19.5 Å². The lowest BCUT2D eigenvalue weighted by atomic mass is 10.1. The van der Waals surface area contributed by atoms with Crippen molar-refractivity contribution in [1.29, 1.82) is 0 Å². The van der Waals surface area contributed by atoms with Crippen LogP contribution in [-0.4, -0.2) is 23.6 Å². The van der Waals surface area contributed by atoms with Crippen LogP contribution in [0.5, 0.6) is 5.75 Å². The van der Waals surface area contributed by atoms with E-state index in [0.29, 0.717) is 17.5 Å². The Bertz CT molecular complexity index is 587. The van der Waals surface area contributed by atoms with Gasteiger partial charge < -0.3 is 10.1 Å². The Morgan fingerprint density at radius 1 is 1.20 bits per heavy atom. The maximum absolute atomic E-state index is 13.7. The molecule has 0 aliphatic carbocycles. The largest absolute Gasteiger partial charge is 0.497 e. The highest BCUT2D eigenvalue weighted by atomic mass is 35.5. The predicted octanol–water partition coefficient (Wildman–Crippen LogP) is 3.07. The number of aromatic nitrogens is 2. The summed E-state index contributed by atoms with van der Waals surface area (Å²) >= 11 is 5.70. The standard InChI is InChI=1S/C13H12ClF2N3O/c1-20-8-4-10(15)9(11(16)5-8)2-3-17-13-6-12(14)18-7-19-13/h4-7H,2-3H2,1H3,(H,17,18,19). The molecule has 0 spiro atoms. The molecule has 0 unspecified atom stereocenters. The molecule has 0 amide bonds. The zero-order chi connectivity index (χ0) is 14.5. The lowest BCUT2D eigenvalue weighted by molar-refractivity contribution is 0.405. The molecule has 4 nitrogen and oxygen atoms in total. The highest BCUT2D eigenvalue weighted by Gasteiger charge is 2.11. The molecule has 1 N–H and O–H groups in total. The van der Waals surface area contributed by atoms with Crippen molar-refractivity contribution in [1.82, 2.24) is 9.97 Å². The fourth-order valence-corrected chi connectivity index (χ4v) is 1.83. The first-order valence-electron chi connectivity index (χ1n) is 5.83. The molecule has 0 aliphatic rings. The topological polar surface area (TPSA) is 47.0 Å². The quantitative estimate of drug-likeness (QED) is 0.862. The summed E-state index contributed by atoms with van der Waals surface area (Å²) in [5.41, 5.74) is -0.00143. The predicted molar refractivity (Wildman–Crippen MR) is 72.1 cm³/mol. The summed E-state index contributed by atoms with van der Waals surface area (Å²) in [4.78, 5) is 7.66. The van der Waals surface area contributed by atoms with E-state index in [2.05, 4.69) is 15.3 Å². The molecule has 0 bridgehead atoms. The van der Waals surface area contributed by atoms with Crippen molar-refractivity contribution in [2.45, 2.75) is 6.42 Å². The van der Waals surface area contributed by atoms with Gasteiger partial charge in [0.15, 0.2) is 0 Å². The van der Waals surface area contributed by atoms with Crippen molar-refractivity contribution in [2.75, 3.05) is 19.0 Å². The van der Waals surface area contributed by atoms with Crippen molar-refractivity contribution in [3.8, 4) is 5.75 Å². The van der Waals surface area contributed by atoms with Crippen LogP contribution in [0.1, 0.15) is 5.56 Å². The van der Waals surface area contributed by atoms with E-state index in [4.69, 9.17) is 16.3 Å². The second-order valence-corrected chi connectivity index (χ2v) is 4.36. The van der Waals surface area contributed by atoms with E-state index in [1.54, 1.807) is 0 Å². The molecule has 0 saturated carbocycles. The van der Waals surface area contributed by atoms with Crippen LogP contribution in [-0.2, 0) is 6.42 Å². The summed E-state index contributed by atoms with van der Waals surface area (Å²) in [6, 6.07) is 3.84. The monoisotopic (exact) mass is 299 g/mol. The summed E-state index contributed by atoms with van der Waals surface area (Å²) in [7, 11) is 1.36. The van der Waals surface area contributed by atoms with Gasteiger partial charge in [-0.2, -0.15) is 0 Å². The molecule has 1 heterocycles. The van der Waals surface area contributed by atoms with E-state index >= 15 is 0 Å². The SMILES string of the molecule is COc1cc(F)c(CCNc2cc(Cl)ncn2)c(F)c1. The molecule has 0 saturated heterocycles. The fourth-order valence-electron chi connectivity index (χ4n) is 1.68. The Labute approximate surface area is 119 Å². The smallest absolute Gasteiger partial charge is 0.134 e. The van der Waals surface area contributed by atoms with Gasteiger partial charge in [-0.3, -0.25) is 0 Å². The Kier molecular flexibility index (Phi) is 4.68. The highest BCUT2D eigenvalue weighted by Crippen LogP contribution is 2.21. The molecule has 0 atom stereocenters. The zero-order valence-corrected chi connectivity index (χ0v) is 11.4. The van der Waals surface area contributed by atoms with Gasteiger partial charge in [0.05, 0.1) is 7.11 Å². The average molecular weight is 300 g/mol. The normalized spacial score (nSPS) is 10.4. The molecule has 1 aromatic heterocycles. The molecule has 1 aromatic carbocycles. The van der Waals surface area contributed by atoms with Gasteiger partial charge in [-0.1, -0.05) is 11.6 Å². The minimum atomic E-state index is -0.635. The van der Waals surface area contributed by atoms with Crippen LogP contribution in [0.25, 0.3) is 0 Å². The van der Waals surface area contributed by atoms with Gasteiger partial charge in [0.25, 0.3) is 0 Å². The summed E-state index contributed by atoms with van der Waals surface area (Å²) in [6.07, 6.45) is 1.47. The van der Waals surface area contributed by atoms with Crippen molar-refractivity contribution in [3.63, 3.8) is 0 Å². The molecule has 0 aliphatic heterocycles. The molecule has 2 aromatic rings. The van der Waals surface area contributed by atoms with Gasteiger partial charge in [0.2, 0.25) is 0 Å². The van der Waals surface area contributed by atoms with E-state index < -0.39 is 11.6 Å². The lowest BCUT2D eigenvalue weighted by Crippen LogP contribution is -2.09. The number of benzene rings is 1. The number of hydrogen-bond acceptors (Lipinski definition) is 4. The molecule has 2 rings (SSSR count). The average Bonchev–Trinajstić information content (AvgIpc) is 2.41. The Hall–Kier alpha value is -1.95. The minimum Gasteiger partial charge on any atom is -0.497 e. The van der Waals surface area contributed by atoms with E-state index in [1.807, 2.05) is 0 Å². The van der Waals surface area contributed by atoms with Crippen molar-refractivity contribution >= 4 is 17.4 Å².